The van der Waals surface area contributed by atoms with Gasteiger partial charge in [-0.2, -0.15) is 0 Å². The van der Waals surface area contributed by atoms with E-state index in [9.17, 15) is 0 Å². The van der Waals surface area contributed by atoms with Crippen LogP contribution in [-0.4, -0.2) is 14.2 Å². The molecule has 0 saturated carbocycles. The van der Waals surface area contributed by atoms with E-state index in [1.807, 2.05) is 0 Å². The van der Waals surface area contributed by atoms with Gasteiger partial charge in [-0.3, -0.25) is 0 Å². The van der Waals surface area contributed by atoms with Gasteiger partial charge >= 0.3 is 0 Å². The molecule has 0 aliphatic heterocycles. The molecular formula is C20H24O2. The van der Waals surface area contributed by atoms with Crippen molar-refractivity contribution in [2.24, 2.45) is 5.92 Å². The zero-order valence-corrected chi connectivity index (χ0v) is 13.8. The molecule has 2 heteroatoms. The lowest BCUT2D eigenvalue weighted by Gasteiger charge is -2.21. The van der Waals surface area contributed by atoms with Gasteiger partial charge in [-0.1, -0.05) is 32.0 Å². The maximum atomic E-state index is 5.44. The molecule has 22 heavy (non-hydrogen) atoms. The van der Waals surface area contributed by atoms with Gasteiger partial charge in [0.2, 0.25) is 0 Å². The third kappa shape index (κ3) is 2.37. The van der Waals surface area contributed by atoms with Gasteiger partial charge in [0.15, 0.2) is 0 Å². The maximum absolute atomic E-state index is 5.44. The van der Waals surface area contributed by atoms with Crippen molar-refractivity contribution in [3.8, 4) is 11.5 Å². The van der Waals surface area contributed by atoms with E-state index in [0.29, 0.717) is 17.8 Å². The highest BCUT2D eigenvalue weighted by Gasteiger charge is 2.37. The Kier molecular flexibility index (Phi) is 4.10. The Morgan fingerprint density at radius 1 is 0.864 bits per heavy atom. The molecule has 0 fully saturated rings. The van der Waals surface area contributed by atoms with Gasteiger partial charge in [-0.25, -0.2) is 0 Å². The largest absolute Gasteiger partial charge is 0.497 e. The Morgan fingerprint density at radius 2 is 1.50 bits per heavy atom. The Labute approximate surface area is 133 Å². The molecule has 116 valence electrons. The second-order valence-electron chi connectivity index (χ2n) is 6.12. The summed E-state index contributed by atoms with van der Waals surface area (Å²) in [6, 6.07) is 15.1. The van der Waals surface area contributed by atoms with E-state index in [-0.39, 0.29) is 0 Å². The first-order valence-corrected chi connectivity index (χ1v) is 8.01. The number of fused-ring (bicyclic) bond motifs is 1. The molecule has 0 N–H and O–H groups in total. The minimum atomic E-state index is 0.431. The molecule has 2 nitrogen and oxygen atoms in total. The van der Waals surface area contributed by atoms with Crippen molar-refractivity contribution in [1.29, 1.82) is 0 Å². The molecule has 2 aromatic rings. The van der Waals surface area contributed by atoms with E-state index < -0.39 is 0 Å². The lowest BCUT2D eigenvalue weighted by Crippen LogP contribution is -2.09. The lowest BCUT2D eigenvalue weighted by atomic mass is 9.83. The van der Waals surface area contributed by atoms with E-state index in [0.717, 1.165) is 11.5 Å². The number of hydrogen-bond donors (Lipinski definition) is 0. The molecule has 1 aliphatic rings. The molecule has 0 aromatic heterocycles. The zero-order valence-electron chi connectivity index (χ0n) is 13.8. The fraction of sp³-hybridized carbons (Fsp3) is 0.400. The topological polar surface area (TPSA) is 18.5 Å². The van der Waals surface area contributed by atoms with Crippen LogP contribution < -0.4 is 9.47 Å². The van der Waals surface area contributed by atoms with Crippen molar-refractivity contribution in [2.45, 2.75) is 32.1 Å². The first kappa shape index (κ1) is 15.0. The van der Waals surface area contributed by atoms with Crippen molar-refractivity contribution in [2.75, 3.05) is 14.2 Å². The van der Waals surface area contributed by atoms with Gasteiger partial charge in [-0.15, -0.1) is 0 Å². The van der Waals surface area contributed by atoms with Crippen LogP contribution in [0.3, 0.4) is 0 Å². The summed E-state index contributed by atoms with van der Waals surface area (Å²) in [5.74, 6) is 3.50. The first-order valence-electron chi connectivity index (χ1n) is 8.01. The van der Waals surface area contributed by atoms with Gasteiger partial charge in [0, 0.05) is 5.92 Å². The summed E-state index contributed by atoms with van der Waals surface area (Å²) in [6.45, 7) is 4.65. The van der Waals surface area contributed by atoms with E-state index in [1.54, 1.807) is 14.2 Å². The third-order valence-corrected chi connectivity index (χ3v) is 5.10. The summed E-state index contributed by atoms with van der Waals surface area (Å²) in [7, 11) is 3.44. The van der Waals surface area contributed by atoms with Crippen molar-refractivity contribution in [1.82, 2.24) is 0 Å². The highest BCUT2D eigenvalue weighted by atomic mass is 16.5. The molecule has 1 aliphatic carbocycles. The van der Waals surface area contributed by atoms with Gasteiger partial charge in [0.05, 0.1) is 14.2 Å². The standard InChI is InChI=1S/C20H24O2/c1-5-17-13(2)20(14-6-8-15(21-3)9-7-14)19-12-16(22-4)10-11-18(17)19/h6-13,17,20H,5H2,1-4H3/t13-,17-,20-/m1/s1. The maximum Gasteiger partial charge on any atom is 0.119 e. The van der Waals surface area contributed by atoms with Crippen LogP contribution in [0.2, 0.25) is 0 Å². The molecular weight excluding hydrogens is 272 g/mol. The Balaban J connectivity index is 2.07. The summed E-state index contributed by atoms with van der Waals surface area (Å²) >= 11 is 0. The molecule has 0 heterocycles. The van der Waals surface area contributed by atoms with Gasteiger partial charge < -0.3 is 9.47 Å². The van der Waals surface area contributed by atoms with Gasteiger partial charge in [-0.05, 0) is 59.2 Å². The van der Waals surface area contributed by atoms with Crippen LogP contribution >= 0.6 is 0 Å². The van der Waals surface area contributed by atoms with Crippen molar-refractivity contribution < 1.29 is 9.47 Å². The van der Waals surface area contributed by atoms with Crippen molar-refractivity contribution in [3.05, 3.63) is 59.2 Å². The minimum absolute atomic E-state index is 0.431. The average Bonchev–Trinajstić information content (AvgIpc) is 2.85. The van der Waals surface area contributed by atoms with Gasteiger partial charge in [0.25, 0.3) is 0 Å². The average molecular weight is 296 g/mol. The SMILES string of the molecule is CC[C@H]1c2ccc(OC)cc2[C@@H](c2ccc(OC)cc2)[C@@H]1C. The smallest absolute Gasteiger partial charge is 0.119 e. The summed E-state index contributed by atoms with van der Waals surface area (Å²) < 4.78 is 10.7. The predicted molar refractivity (Wildman–Crippen MR) is 90.0 cm³/mol. The second-order valence-corrected chi connectivity index (χ2v) is 6.12. The van der Waals surface area contributed by atoms with Crippen molar-refractivity contribution in [3.63, 3.8) is 0 Å². The highest BCUT2D eigenvalue weighted by Crippen LogP contribution is 2.51. The van der Waals surface area contributed by atoms with Crippen LogP contribution in [0.1, 0.15) is 48.8 Å². The fourth-order valence-corrected chi connectivity index (χ4v) is 3.97. The van der Waals surface area contributed by atoms with Crippen LogP contribution in [0.5, 0.6) is 11.5 Å². The number of rotatable bonds is 4. The molecule has 0 saturated heterocycles. The van der Waals surface area contributed by atoms with Crippen LogP contribution in [0.15, 0.2) is 42.5 Å². The highest BCUT2D eigenvalue weighted by molar-refractivity contribution is 5.50. The van der Waals surface area contributed by atoms with Crippen LogP contribution in [0.25, 0.3) is 0 Å². The number of ether oxygens (including phenoxy) is 2. The number of hydrogen-bond acceptors (Lipinski definition) is 2. The molecule has 0 radical (unpaired) electrons. The molecule has 0 spiro atoms. The molecule has 3 rings (SSSR count). The summed E-state index contributed by atoms with van der Waals surface area (Å²) in [4.78, 5) is 0. The van der Waals surface area contributed by atoms with Gasteiger partial charge in [0.1, 0.15) is 11.5 Å². The third-order valence-electron chi connectivity index (χ3n) is 5.10. The van der Waals surface area contributed by atoms with E-state index in [4.69, 9.17) is 9.47 Å². The predicted octanol–water partition coefficient (Wildman–Crippen LogP) is 4.98. The zero-order chi connectivity index (χ0) is 15.7. The Hall–Kier alpha value is -1.96. The lowest BCUT2D eigenvalue weighted by molar-refractivity contribution is 0.412. The van der Waals surface area contributed by atoms with E-state index in [1.165, 1.54) is 23.1 Å². The van der Waals surface area contributed by atoms with Crippen LogP contribution in [0.4, 0.5) is 0 Å². The first-order chi connectivity index (χ1) is 10.7. The number of benzene rings is 2. The minimum Gasteiger partial charge on any atom is -0.497 e. The van der Waals surface area contributed by atoms with Crippen LogP contribution in [-0.2, 0) is 0 Å². The molecule has 0 unspecified atom stereocenters. The second kappa shape index (κ2) is 6.04. The molecule has 0 bridgehead atoms. The monoisotopic (exact) mass is 296 g/mol. The molecule has 0 amide bonds. The summed E-state index contributed by atoms with van der Waals surface area (Å²) in [6.07, 6.45) is 1.17. The summed E-state index contributed by atoms with van der Waals surface area (Å²) in [5, 5.41) is 0. The molecule has 2 aromatic carbocycles. The van der Waals surface area contributed by atoms with E-state index in [2.05, 4.69) is 56.3 Å². The number of methoxy groups -OCH3 is 2. The fourth-order valence-electron chi connectivity index (χ4n) is 3.97. The Morgan fingerprint density at radius 3 is 2.09 bits per heavy atom. The summed E-state index contributed by atoms with van der Waals surface area (Å²) in [5.41, 5.74) is 4.26. The van der Waals surface area contributed by atoms with Crippen LogP contribution in [0, 0.1) is 5.92 Å². The quantitative estimate of drug-likeness (QED) is 0.792. The normalized spacial score (nSPS) is 23.2. The van der Waals surface area contributed by atoms with E-state index >= 15 is 0 Å². The van der Waals surface area contributed by atoms with Crippen molar-refractivity contribution >= 4 is 0 Å². The Bertz CT molecular complexity index is 645. The molecule has 3 atom stereocenters.